The smallest absolute Gasteiger partial charge is 0.266 e. The number of aryl methyl sites for hydroxylation is 1. The van der Waals surface area contributed by atoms with Gasteiger partial charge in [0.1, 0.15) is 4.90 Å². The van der Waals surface area contributed by atoms with Crippen molar-refractivity contribution in [2.75, 3.05) is 10.5 Å². The van der Waals surface area contributed by atoms with Crippen LogP contribution in [0, 0.1) is 5.82 Å². The number of hydrogen-bond donors (Lipinski definition) is 3. The summed E-state index contributed by atoms with van der Waals surface area (Å²) in [6, 6.07) is 3.64. The first-order valence-electron chi connectivity index (χ1n) is 5.65. The van der Waals surface area contributed by atoms with E-state index in [9.17, 15) is 12.8 Å². The number of rotatable bonds is 4. The van der Waals surface area contributed by atoms with Crippen molar-refractivity contribution in [1.29, 1.82) is 0 Å². The van der Waals surface area contributed by atoms with Gasteiger partial charge in [-0.1, -0.05) is 18.5 Å². The lowest BCUT2D eigenvalue weighted by Gasteiger charge is -2.08. The highest BCUT2D eigenvalue weighted by molar-refractivity contribution is 7.92. The molecule has 0 amide bonds. The molecule has 0 aliphatic carbocycles. The molecule has 9 heteroatoms. The van der Waals surface area contributed by atoms with Gasteiger partial charge in [0.15, 0.2) is 11.6 Å². The predicted molar refractivity (Wildman–Crippen MR) is 74.6 cm³/mol. The predicted octanol–water partition coefficient (Wildman–Crippen LogP) is 2.15. The Bertz CT molecular complexity index is 745. The van der Waals surface area contributed by atoms with Crippen LogP contribution in [-0.2, 0) is 16.4 Å². The molecular formula is C11H12ClFN4O2S. The molecule has 0 bridgehead atoms. The number of hydrogen-bond acceptors (Lipinski definition) is 4. The van der Waals surface area contributed by atoms with Gasteiger partial charge < -0.3 is 5.73 Å². The Morgan fingerprint density at radius 2 is 2.15 bits per heavy atom. The first-order valence-corrected chi connectivity index (χ1v) is 7.51. The van der Waals surface area contributed by atoms with E-state index in [1.165, 1.54) is 6.07 Å². The third-order valence-electron chi connectivity index (χ3n) is 2.57. The van der Waals surface area contributed by atoms with E-state index in [4.69, 9.17) is 17.3 Å². The number of benzene rings is 1. The molecule has 0 unspecified atom stereocenters. The summed E-state index contributed by atoms with van der Waals surface area (Å²) in [4.78, 5) is -0.622. The topological polar surface area (TPSA) is 101 Å². The average Bonchev–Trinajstić information content (AvgIpc) is 2.80. The second kappa shape index (κ2) is 5.29. The molecule has 1 aromatic heterocycles. The quantitative estimate of drug-likeness (QED) is 0.752. The molecule has 0 aliphatic heterocycles. The van der Waals surface area contributed by atoms with Gasteiger partial charge in [0.05, 0.1) is 5.69 Å². The Morgan fingerprint density at radius 3 is 2.75 bits per heavy atom. The van der Waals surface area contributed by atoms with E-state index in [-0.39, 0.29) is 16.5 Å². The summed E-state index contributed by atoms with van der Waals surface area (Å²) in [6.45, 7) is 1.88. The monoisotopic (exact) mass is 318 g/mol. The lowest BCUT2D eigenvalue weighted by atomic mass is 10.3. The van der Waals surface area contributed by atoms with Crippen LogP contribution in [0.15, 0.2) is 23.1 Å². The first kappa shape index (κ1) is 14.6. The van der Waals surface area contributed by atoms with E-state index < -0.39 is 20.7 Å². The summed E-state index contributed by atoms with van der Waals surface area (Å²) in [7, 11) is -4.16. The number of nitrogens with one attached hydrogen (secondary N) is 2. The molecule has 6 nitrogen and oxygen atoms in total. The molecule has 0 aliphatic rings. The fourth-order valence-corrected chi connectivity index (χ4v) is 2.98. The number of H-pyrrole nitrogens is 1. The van der Waals surface area contributed by atoms with Crippen LogP contribution in [0.4, 0.5) is 15.9 Å². The number of nitrogens with two attached hydrogens (primary N) is 1. The van der Waals surface area contributed by atoms with Crippen molar-refractivity contribution in [3.05, 3.63) is 34.7 Å². The van der Waals surface area contributed by atoms with E-state index in [1.807, 2.05) is 6.92 Å². The summed E-state index contributed by atoms with van der Waals surface area (Å²) < 4.78 is 40.2. The lowest BCUT2D eigenvalue weighted by molar-refractivity contribution is 0.572. The van der Waals surface area contributed by atoms with Crippen LogP contribution in [-0.4, -0.2) is 18.6 Å². The Labute approximate surface area is 120 Å². The molecule has 1 heterocycles. The molecule has 0 atom stereocenters. The minimum absolute atomic E-state index is 0.0283. The van der Waals surface area contributed by atoms with Crippen LogP contribution in [0.1, 0.15) is 12.6 Å². The Hall–Kier alpha value is -1.80. The van der Waals surface area contributed by atoms with Gasteiger partial charge in [0, 0.05) is 16.8 Å². The van der Waals surface area contributed by atoms with Gasteiger partial charge in [0.2, 0.25) is 0 Å². The molecule has 108 valence electrons. The second-order valence-electron chi connectivity index (χ2n) is 4.04. The van der Waals surface area contributed by atoms with Crippen molar-refractivity contribution >= 4 is 33.1 Å². The van der Waals surface area contributed by atoms with Gasteiger partial charge in [-0.25, -0.2) is 12.8 Å². The first-order chi connectivity index (χ1) is 9.33. The fraction of sp³-hybridized carbons (Fsp3) is 0.182. The summed E-state index contributed by atoms with van der Waals surface area (Å²) in [6.07, 6.45) is 0.660. The molecule has 0 saturated heterocycles. The number of nitrogen functional groups attached to an aromatic ring is 1. The molecule has 4 N–H and O–H groups in total. The molecule has 0 spiro atoms. The maximum Gasteiger partial charge on any atom is 0.266 e. The highest BCUT2D eigenvalue weighted by Crippen LogP contribution is 2.26. The van der Waals surface area contributed by atoms with Crippen molar-refractivity contribution < 1.29 is 12.8 Å². The van der Waals surface area contributed by atoms with Gasteiger partial charge in [-0.05, 0) is 18.6 Å². The fourth-order valence-electron chi connectivity index (χ4n) is 1.57. The summed E-state index contributed by atoms with van der Waals surface area (Å²) in [5, 5.41) is 6.44. The maximum atomic E-state index is 13.8. The molecular weight excluding hydrogens is 307 g/mol. The highest BCUT2D eigenvalue weighted by atomic mass is 35.5. The average molecular weight is 319 g/mol. The Balaban J connectivity index is 2.40. The normalized spacial score (nSPS) is 11.6. The third kappa shape index (κ3) is 2.86. The second-order valence-corrected chi connectivity index (χ2v) is 6.13. The maximum absolute atomic E-state index is 13.8. The van der Waals surface area contributed by atoms with E-state index >= 15 is 0 Å². The number of aromatic nitrogens is 2. The number of anilines is 2. The molecule has 2 aromatic rings. The zero-order valence-corrected chi connectivity index (χ0v) is 12.0. The zero-order valence-electron chi connectivity index (χ0n) is 10.4. The minimum Gasteiger partial charge on any atom is -0.396 e. The standard InChI is InChI=1S/C11H12ClFN4O2S/c1-2-7-5-10(16-15-7)17-20(18,19)9-4-6(12)3-8(14)11(9)13/h3-5H,2,14H2,1H3,(H2,15,16,17). The molecule has 2 rings (SSSR count). The van der Waals surface area contributed by atoms with Crippen LogP contribution >= 0.6 is 11.6 Å². The van der Waals surface area contributed by atoms with Crippen LogP contribution in [0.2, 0.25) is 5.02 Å². The van der Waals surface area contributed by atoms with Crippen molar-refractivity contribution in [2.45, 2.75) is 18.2 Å². The molecule has 0 radical (unpaired) electrons. The van der Waals surface area contributed by atoms with Crippen LogP contribution < -0.4 is 10.5 Å². The van der Waals surface area contributed by atoms with Crippen LogP contribution in [0.5, 0.6) is 0 Å². The van der Waals surface area contributed by atoms with Gasteiger partial charge in [-0.3, -0.25) is 9.82 Å². The third-order valence-corrected chi connectivity index (χ3v) is 4.14. The SMILES string of the molecule is CCc1cc(NS(=O)(=O)c2cc(Cl)cc(N)c2F)n[nH]1. The van der Waals surface area contributed by atoms with E-state index in [0.717, 1.165) is 17.8 Å². The van der Waals surface area contributed by atoms with Gasteiger partial charge in [-0.15, -0.1) is 0 Å². The van der Waals surface area contributed by atoms with Crippen molar-refractivity contribution in [2.24, 2.45) is 0 Å². The molecule has 20 heavy (non-hydrogen) atoms. The van der Waals surface area contributed by atoms with E-state index in [1.54, 1.807) is 0 Å². The summed E-state index contributed by atoms with van der Waals surface area (Å²) in [5.74, 6) is -0.979. The number of sulfonamides is 1. The number of aromatic amines is 1. The molecule has 0 fully saturated rings. The van der Waals surface area contributed by atoms with Crippen molar-refractivity contribution in [3.8, 4) is 0 Å². The largest absolute Gasteiger partial charge is 0.396 e. The Morgan fingerprint density at radius 1 is 1.45 bits per heavy atom. The summed E-state index contributed by atoms with van der Waals surface area (Å²) >= 11 is 5.70. The van der Waals surface area contributed by atoms with E-state index in [2.05, 4.69) is 14.9 Å². The highest BCUT2D eigenvalue weighted by Gasteiger charge is 2.22. The summed E-state index contributed by atoms with van der Waals surface area (Å²) in [5.41, 5.74) is 5.77. The van der Waals surface area contributed by atoms with Gasteiger partial charge in [-0.2, -0.15) is 5.10 Å². The van der Waals surface area contributed by atoms with Crippen molar-refractivity contribution in [3.63, 3.8) is 0 Å². The molecule has 0 saturated carbocycles. The van der Waals surface area contributed by atoms with Crippen molar-refractivity contribution in [1.82, 2.24) is 10.2 Å². The van der Waals surface area contributed by atoms with E-state index in [0.29, 0.717) is 6.42 Å². The lowest BCUT2D eigenvalue weighted by Crippen LogP contribution is -2.15. The number of nitrogens with zero attached hydrogens (tertiary/aromatic N) is 1. The van der Waals surface area contributed by atoms with Gasteiger partial charge in [0.25, 0.3) is 10.0 Å². The Kier molecular flexibility index (Phi) is 3.87. The van der Waals surface area contributed by atoms with Crippen LogP contribution in [0.3, 0.4) is 0 Å². The number of halogens is 2. The van der Waals surface area contributed by atoms with Gasteiger partial charge >= 0.3 is 0 Å². The van der Waals surface area contributed by atoms with Crippen LogP contribution in [0.25, 0.3) is 0 Å². The zero-order chi connectivity index (χ0) is 14.9. The minimum atomic E-state index is -4.16. The molecule has 1 aromatic carbocycles.